The van der Waals surface area contributed by atoms with Crippen molar-refractivity contribution in [3.63, 3.8) is 0 Å². The summed E-state index contributed by atoms with van der Waals surface area (Å²) in [4.78, 5) is 21.3. The zero-order valence-electron chi connectivity index (χ0n) is 19.2. The third-order valence-corrected chi connectivity index (χ3v) is 5.64. The molecule has 178 valence electrons. The van der Waals surface area contributed by atoms with E-state index in [0.29, 0.717) is 41.6 Å². The van der Waals surface area contributed by atoms with Crippen LogP contribution in [0.1, 0.15) is 21.5 Å². The Bertz CT molecular complexity index is 1470. The summed E-state index contributed by atoms with van der Waals surface area (Å²) in [5, 5.41) is 6.01. The lowest BCUT2D eigenvalue weighted by Gasteiger charge is -2.11. The monoisotopic (exact) mass is 494 g/mol. The highest BCUT2D eigenvalue weighted by molar-refractivity contribution is 7.80. The third kappa shape index (κ3) is 5.73. The number of carbonyl (C=O) groups excluding carboxylic acids is 1. The molecule has 3 aromatic carbocycles. The number of fused-ring (bicyclic) bond motifs is 1. The van der Waals surface area contributed by atoms with Crippen LogP contribution in [0.4, 0.5) is 0 Å². The maximum atomic E-state index is 12.7. The van der Waals surface area contributed by atoms with Crippen LogP contribution < -0.4 is 15.4 Å². The van der Waals surface area contributed by atoms with Crippen LogP contribution in [0, 0.1) is 0 Å². The van der Waals surface area contributed by atoms with Gasteiger partial charge in [0.15, 0.2) is 16.3 Å². The minimum atomic E-state index is -0.308. The lowest BCUT2D eigenvalue weighted by molar-refractivity contribution is 0.0976. The Balaban J connectivity index is 1.13. The summed E-state index contributed by atoms with van der Waals surface area (Å²) in [6.07, 6.45) is 1.68. The minimum absolute atomic E-state index is 0.240. The van der Waals surface area contributed by atoms with E-state index in [1.54, 1.807) is 24.4 Å². The van der Waals surface area contributed by atoms with Gasteiger partial charge in [-0.25, -0.2) is 4.98 Å². The summed E-state index contributed by atoms with van der Waals surface area (Å²) in [6.45, 7) is 0.878. The first-order chi connectivity index (χ1) is 17.6. The molecule has 0 saturated carbocycles. The highest BCUT2D eigenvalue weighted by atomic mass is 32.1. The molecule has 0 unspecified atom stereocenters. The number of benzene rings is 3. The summed E-state index contributed by atoms with van der Waals surface area (Å²) < 4.78 is 11.6. The molecule has 5 rings (SSSR count). The topological polar surface area (TPSA) is 89.3 Å². The van der Waals surface area contributed by atoms with Gasteiger partial charge in [-0.1, -0.05) is 48.5 Å². The molecule has 0 aliphatic heterocycles. The predicted molar refractivity (Wildman–Crippen MR) is 141 cm³/mol. The molecule has 2 heterocycles. The fraction of sp³-hybridized carbons (Fsp3) is 0.0714. The van der Waals surface area contributed by atoms with Crippen molar-refractivity contribution in [2.24, 2.45) is 0 Å². The number of aromatic nitrogens is 2. The Morgan fingerprint density at radius 2 is 1.75 bits per heavy atom. The fourth-order valence-corrected chi connectivity index (χ4v) is 3.69. The first kappa shape index (κ1) is 23.2. The van der Waals surface area contributed by atoms with E-state index in [0.717, 1.165) is 16.7 Å². The van der Waals surface area contributed by atoms with E-state index >= 15 is 0 Å². The highest BCUT2D eigenvalue weighted by Crippen LogP contribution is 2.23. The van der Waals surface area contributed by atoms with E-state index in [4.69, 9.17) is 21.4 Å². The van der Waals surface area contributed by atoms with Gasteiger partial charge in [-0.05, 0) is 65.8 Å². The molecule has 0 aliphatic carbocycles. The molecule has 2 N–H and O–H groups in total. The predicted octanol–water partition coefficient (Wildman–Crippen LogP) is 5.27. The van der Waals surface area contributed by atoms with Gasteiger partial charge in [0, 0.05) is 23.9 Å². The molecule has 0 bridgehead atoms. The summed E-state index contributed by atoms with van der Waals surface area (Å²) in [6, 6.07) is 28.2. The Hall–Kier alpha value is -4.56. The second kappa shape index (κ2) is 10.8. The number of oxazole rings is 1. The molecule has 0 saturated heterocycles. The van der Waals surface area contributed by atoms with Crippen LogP contribution >= 0.6 is 12.2 Å². The Morgan fingerprint density at radius 1 is 0.917 bits per heavy atom. The van der Waals surface area contributed by atoms with Crippen LogP contribution in [0.5, 0.6) is 5.75 Å². The van der Waals surface area contributed by atoms with Gasteiger partial charge in [-0.3, -0.25) is 10.1 Å². The van der Waals surface area contributed by atoms with Gasteiger partial charge in [-0.15, -0.1) is 0 Å². The Labute approximate surface area is 213 Å². The van der Waals surface area contributed by atoms with E-state index in [1.165, 1.54) is 0 Å². The highest BCUT2D eigenvalue weighted by Gasteiger charge is 2.11. The lowest BCUT2D eigenvalue weighted by atomic mass is 10.1. The van der Waals surface area contributed by atoms with E-state index in [9.17, 15) is 4.79 Å². The SMILES string of the molecule is O=C(NC(=S)NCc1ccc(-c2nc3ncccc3o2)cc1)c1cccc(OCc2ccccc2)c1. The van der Waals surface area contributed by atoms with Gasteiger partial charge in [0.25, 0.3) is 5.91 Å². The molecular weight excluding hydrogens is 472 g/mol. The average Bonchev–Trinajstić information content (AvgIpc) is 3.36. The number of hydrogen-bond donors (Lipinski definition) is 2. The van der Waals surface area contributed by atoms with E-state index in [1.807, 2.05) is 72.8 Å². The molecule has 36 heavy (non-hydrogen) atoms. The zero-order chi connectivity index (χ0) is 24.7. The molecular formula is C28H22N4O3S. The number of nitrogens with zero attached hydrogens (tertiary/aromatic N) is 2. The Morgan fingerprint density at radius 3 is 2.56 bits per heavy atom. The van der Waals surface area contributed by atoms with Gasteiger partial charge in [0.2, 0.25) is 5.89 Å². The van der Waals surface area contributed by atoms with Crippen molar-refractivity contribution in [1.29, 1.82) is 0 Å². The second-order valence-electron chi connectivity index (χ2n) is 7.98. The normalized spacial score (nSPS) is 10.7. The van der Waals surface area contributed by atoms with Crippen LogP contribution in [0.2, 0.25) is 0 Å². The van der Waals surface area contributed by atoms with Gasteiger partial charge in [0.1, 0.15) is 12.4 Å². The van der Waals surface area contributed by atoms with Gasteiger partial charge in [-0.2, -0.15) is 4.98 Å². The molecule has 7 nitrogen and oxygen atoms in total. The minimum Gasteiger partial charge on any atom is -0.489 e. The maximum absolute atomic E-state index is 12.7. The number of rotatable bonds is 7. The molecule has 1 amide bonds. The smallest absolute Gasteiger partial charge is 0.257 e. The quantitative estimate of drug-likeness (QED) is 0.298. The third-order valence-electron chi connectivity index (χ3n) is 5.39. The van der Waals surface area contributed by atoms with Crippen molar-refractivity contribution >= 4 is 34.5 Å². The number of ether oxygens (including phenoxy) is 1. The molecule has 5 aromatic rings. The largest absolute Gasteiger partial charge is 0.489 e. The van der Waals surface area contributed by atoms with Crippen molar-refractivity contribution in [2.45, 2.75) is 13.2 Å². The molecule has 0 fully saturated rings. The maximum Gasteiger partial charge on any atom is 0.257 e. The summed E-state index contributed by atoms with van der Waals surface area (Å²) in [5.74, 6) is 0.818. The first-order valence-electron chi connectivity index (χ1n) is 11.3. The molecule has 0 radical (unpaired) electrons. The second-order valence-corrected chi connectivity index (χ2v) is 8.39. The Kier molecular flexibility index (Phi) is 6.95. The van der Waals surface area contributed by atoms with Crippen molar-refractivity contribution in [2.75, 3.05) is 0 Å². The first-order valence-corrected chi connectivity index (χ1v) is 11.7. The van der Waals surface area contributed by atoms with Crippen LogP contribution in [0.3, 0.4) is 0 Å². The fourth-order valence-electron chi connectivity index (χ4n) is 3.53. The molecule has 8 heteroatoms. The molecule has 0 spiro atoms. The molecule has 0 aliphatic rings. The number of nitrogens with one attached hydrogen (secondary N) is 2. The number of pyridine rings is 1. The standard InChI is InChI=1S/C28H22N4O3S/c33-26(22-8-4-9-23(16-22)34-18-20-6-2-1-3-7-20)32-28(36)30-17-19-11-13-21(14-12-19)27-31-25-24(35-27)10-5-15-29-25/h1-16H,17-18H2,(H2,30,32,33,36). The van der Waals surface area contributed by atoms with Crippen molar-refractivity contribution in [3.8, 4) is 17.2 Å². The van der Waals surface area contributed by atoms with Crippen molar-refractivity contribution in [1.82, 2.24) is 20.6 Å². The number of thiocarbonyl (C=S) groups is 1. The summed E-state index contributed by atoms with van der Waals surface area (Å²) in [5.41, 5.74) is 4.57. The van der Waals surface area contributed by atoms with Gasteiger partial charge < -0.3 is 14.5 Å². The van der Waals surface area contributed by atoms with Gasteiger partial charge >= 0.3 is 0 Å². The number of hydrogen-bond acceptors (Lipinski definition) is 6. The van der Waals surface area contributed by atoms with Crippen LogP contribution in [0.25, 0.3) is 22.7 Å². The van der Waals surface area contributed by atoms with Crippen molar-refractivity contribution in [3.05, 3.63) is 114 Å². The van der Waals surface area contributed by atoms with E-state index < -0.39 is 0 Å². The van der Waals surface area contributed by atoms with Crippen LogP contribution in [-0.4, -0.2) is 21.0 Å². The zero-order valence-corrected chi connectivity index (χ0v) is 20.0. The number of carbonyl (C=O) groups is 1. The number of amides is 1. The van der Waals surface area contributed by atoms with Gasteiger partial charge in [0.05, 0.1) is 0 Å². The van der Waals surface area contributed by atoms with Crippen LogP contribution in [0.15, 0.2) is 102 Å². The molecule has 0 atom stereocenters. The molecule has 2 aromatic heterocycles. The van der Waals surface area contributed by atoms with E-state index in [2.05, 4.69) is 20.6 Å². The average molecular weight is 495 g/mol. The summed E-state index contributed by atoms with van der Waals surface area (Å²) >= 11 is 5.31. The van der Waals surface area contributed by atoms with E-state index in [-0.39, 0.29) is 11.0 Å². The summed E-state index contributed by atoms with van der Waals surface area (Å²) in [7, 11) is 0. The van der Waals surface area contributed by atoms with Crippen LogP contribution in [-0.2, 0) is 13.2 Å². The van der Waals surface area contributed by atoms with Crippen molar-refractivity contribution < 1.29 is 13.9 Å². The lowest BCUT2D eigenvalue weighted by Crippen LogP contribution is -2.38.